The Kier molecular flexibility index (Phi) is 5.55. The number of halogens is 1. The Balaban J connectivity index is 1.50. The van der Waals surface area contributed by atoms with Crippen LogP contribution in [0.4, 0.5) is 26.7 Å². The molecule has 6 nitrogen and oxygen atoms in total. The number of anilines is 4. The van der Waals surface area contributed by atoms with E-state index in [-0.39, 0.29) is 5.75 Å². The van der Waals surface area contributed by atoms with Crippen LogP contribution in [0.1, 0.15) is 0 Å². The summed E-state index contributed by atoms with van der Waals surface area (Å²) >= 11 is 1.31. The molecule has 0 bridgehead atoms. The molecule has 2 aromatic carbocycles. The average Bonchev–Trinajstić information content (AvgIpc) is 3.09. The normalized spacial score (nSPS) is 14.8. The van der Waals surface area contributed by atoms with Crippen molar-refractivity contribution < 1.29 is 9.13 Å². The van der Waals surface area contributed by atoms with Gasteiger partial charge in [0.25, 0.3) is 0 Å². The number of hydrogen-bond donors (Lipinski definition) is 2. The fourth-order valence-corrected chi connectivity index (χ4v) is 4.29. The maximum atomic E-state index is 14.6. The van der Waals surface area contributed by atoms with Crippen molar-refractivity contribution in [1.29, 1.82) is 0 Å². The topological polar surface area (TPSA) is 66.7 Å². The second kappa shape index (κ2) is 8.26. The Labute approximate surface area is 173 Å². The van der Waals surface area contributed by atoms with E-state index < -0.39 is 5.82 Å². The van der Waals surface area contributed by atoms with Crippen LogP contribution in [0.2, 0.25) is 0 Å². The van der Waals surface area contributed by atoms with E-state index in [1.807, 2.05) is 12.1 Å². The molecule has 0 spiro atoms. The van der Waals surface area contributed by atoms with Crippen molar-refractivity contribution in [1.82, 2.24) is 9.88 Å². The highest BCUT2D eigenvalue weighted by molar-refractivity contribution is 7.19. The summed E-state index contributed by atoms with van der Waals surface area (Å²) in [6.07, 6.45) is 0. The van der Waals surface area contributed by atoms with Gasteiger partial charge in [-0.15, -0.1) is 0 Å². The molecule has 1 aliphatic heterocycles. The lowest BCUT2D eigenvalue weighted by Gasteiger charge is -2.34. The lowest BCUT2D eigenvalue weighted by Crippen LogP contribution is -2.44. The summed E-state index contributed by atoms with van der Waals surface area (Å²) in [6, 6.07) is 13.3. The maximum absolute atomic E-state index is 14.6. The zero-order valence-electron chi connectivity index (χ0n) is 16.5. The summed E-state index contributed by atoms with van der Waals surface area (Å²) in [6.45, 7) is 4.20. The van der Waals surface area contributed by atoms with Crippen LogP contribution < -0.4 is 20.7 Å². The van der Waals surface area contributed by atoms with Gasteiger partial charge in [-0.25, -0.2) is 9.37 Å². The highest BCUT2D eigenvalue weighted by Gasteiger charge is 2.18. The summed E-state index contributed by atoms with van der Waals surface area (Å²) in [5.41, 5.74) is 8.57. The SMILES string of the molecule is COc1cccc(-c2sc(Nc3ccc(N4CCN(C)CC4)cc3)nc2N)c1F. The molecule has 1 aliphatic rings. The number of thiazole rings is 1. The van der Waals surface area contributed by atoms with Gasteiger partial charge < -0.3 is 25.6 Å². The molecule has 0 radical (unpaired) electrons. The van der Waals surface area contributed by atoms with Crippen LogP contribution in [0.5, 0.6) is 5.75 Å². The number of ether oxygens (including phenoxy) is 1. The smallest absolute Gasteiger partial charge is 0.189 e. The zero-order chi connectivity index (χ0) is 20.4. The minimum atomic E-state index is -0.437. The van der Waals surface area contributed by atoms with Gasteiger partial charge in [-0.1, -0.05) is 23.5 Å². The van der Waals surface area contributed by atoms with Crippen LogP contribution in [0, 0.1) is 5.82 Å². The number of aromatic nitrogens is 1. The summed E-state index contributed by atoms with van der Waals surface area (Å²) in [5, 5.41) is 3.88. The minimum Gasteiger partial charge on any atom is -0.494 e. The second-order valence-electron chi connectivity index (χ2n) is 7.02. The van der Waals surface area contributed by atoms with Gasteiger partial charge in [-0.2, -0.15) is 0 Å². The molecular weight excluding hydrogens is 389 g/mol. The van der Waals surface area contributed by atoms with Crippen LogP contribution in [0.3, 0.4) is 0 Å². The first-order chi connectivity index (χ1) is 14.0. The van der Waals surface area contributed by atoms with Gasteiger partial charge >= 0.3 is 0 Å². The second-order valence-corrected chi connectivity index (χ2v) is 8.02. The molecule has 3 N–H and O–H groups in total. The van der Waals surface area contributed by atoms with Crippen molar-refractivity contribution in [3.05, 3.63) is 48.3 Å². The number of piperazine rings is 1. The monoisotopic (exact) mass is 413 g/mol. The summed E-state index contributed by atoms with van der Waals surface area (Å²) in [5.74, 6) is 0.0384. The molecule has 1 saturated heterocycles. The van der Waals surface area contributed by atoms with Crippen molar-refractivity contribution in [3.63, 3.8) is 0 Å². The highest BCUT2D eigenvalue weighted by atomic mass is 32.1. The highest BCUT2D eigenvalue weighted by Crippen LogP contribution is 2.39. The van der Waals surface area contributed by atoms with E-state index in [1.54, 1.807) is 18.2 Å². The van der Waals surface area contributed by atoms with Crippen molar-refractivity contribution >= 4 is 33.7 Å². The molecular formula is C21H24FN5OS. The van der Waals surface area contributed by atoms with Crippen LogP contribution in [-0.4, -0.2) is 50.2 Å². The average molecular weight is 414 g/mol. The zero-order valence-corrected chi connectivity index (χ0v) is 17.3. The number of rotatable bonds is 5. The number of benzene rings is 2. The van der Waals surface area contributed by atoms with Crippen molar-refractivity contribution in [3.8, 4) is 16.2 Å². The van der Waals surface area contributed by atoms with E-state index in [1.165, 1.54) is 24.1 Å². The molecule has 1 fully saturated rings. The number of likely N-dealkylation sites (N-methyl/N-ethyl adjacent to an activating group) is 1. The molecule has 4 rings (SSSR count). The maximum Gasteiger partial charge on any atom is 0.189 e. The van der Waals surface area contributed by atoms with E-state index in [0.717, 1.165) is 31.9 Å². The largest absolute Gasteiger partial charge is 0.494 e. The van der Waals surface area contributed by atoms with Gasteiger partial charge in [0, 0.05) is 43.1 Å². The van der Waals surface area contributed by atoms with E-state index in [2.05, 4.69) is 39.3 Å². The van der Waals surface area contributed by atoms with Gasteiger partial charge in [-0.3, -0.25) is 0 Å². The molecule has 0 saturated carbocycles. The third-order valence-electron chi connectivity index (χ3n) is 5.07. The van der Waals surface area contributed by atoms with Crippen LogP contribution in [0.25, 0.3) is 10.4 Å². The lowest BCUT2D eigenvalue weighted by atomic mass is 10.1. The molecule has 152 valence electrons. The molecule has 1 aromatic heterocycles. The summed E-state index contributed by atoms with van der Waals surface area (Å²) in [7, 11) is 3.59. The van der Waals surface area contributed by atoms with Gasteiger partial charge in [0.05, 0.1) is 12.0 Å². The standard InChI is InChI=1S/C21H24FN5OS/c1-26-10-12-27(13-11-26)15-8-6-14(7-9-15)24-21-25-20(23)19(29-21)16-4-3-5-17(28-2)18(16)22/h3-9H,10-13,23H2,1-2H3,(H,24,25). The Morgan fingerprint density at radius 1 is 1.10 bits per heavy atom. The van der Waals surface area contributed by atoms with E-state index in [4.69, 9.17) is 10.5 Å². The fraction of sp³-hybridized carbons (Fsp3) is 0.286. The first kappa shape index (κ1) is 19.5. The summed E-state index contributed by atoms with van der Waals surface area (Å²) < 4.78 is 19.7. The van der Waals surface area contributed by atoms with Gasteiger partial charge in [0.1, 0.15) is 5.82 Å². The molecule has 3 aromatic rings. The van der Waals surface area contributed by atoms with Gasteiger partial charge in [-0.05, 0) is 37.4 Å². The molecule has 0 atom stereocenters. The fourth-order valence-electron chi connectivity index (χ4n) is 3.37. The number of methoxy groups -OCH3 is 1. The Morgan fingerprint density at radius 2 is 1.83 bits per heavy atom. The van der Waals surface area contributed by atoms with Crippen molar-refractivity contribution in [2.75, 3.05) is 56.3 Å². The first-order valence-corrected chi connectivity index (χ1v) is 10.3. The number of nitrogens with two attached hydrogens (primary N) is 1. The van der Waals surface area contributed by atoms with Gasteiger partial charge in [0.15, 0.2) is 16.7 Å². The van der Waals surface area contributed by atoms with Crippen LogP contribution in [-0.2, 0) is 0 Å². The number of nitrogen functional groups attached to an aromatic ring is 1. The van der Waals surface area contributed by atoms with E-state index >= 15 is 0 Å². The van der Waals surface area contributed by atoms with Crippen LogP contribution >= 0.6 is 11.3 Å². The van der Waals surface area contributed by atoms with E-state index in [0.29, 0.717) is 21.4 Å². The molecule has 29 heavy (non-hydrogen) atoms. The molecule has 0 unspecified atom stereocenters. The third kappa shape index (κ3) is 4.13. The summed E-state index contributed by atoms with van der Waals surface area (Å²) in [4.78, 5) is 9.66. The minimum absolute atomic E-state index is 0.185. The predicted molar refractivity (Wildman–Crippen MR) is 118 cm³/mol. The first-order valence-electron chi connectivity index (χ1n) is 9.45. The number of hydrogen-bond acceptors (Lipinski definition) is 7. The number of nitrogens with zero attached hydrogens (tertiary/aromatic N) is 3. The lowest BCUT2D eigenvalue weighted by molar-refractivity contribution is 0.313. The molecule has 0 aliphatic carbocycles. The van der Waals surface area contributed by atoms with E-state index in [9.17, 15) is 4.39 Å². The quantitative estimate of drug-likeness (QED) is 0.658. The number of nitrogens with one attached hydrogen (secondary N) is 1. The molecule has 2 heterocycles. The molecule has 0 amide bonds. The van der Waals surface area contributed by atoms with Crippen molar-refractivity contribution in [2.45, 2.75) is 0 Å². The van der Waals surface area contributed by atoms with Gasteiger partial charge in [0.2, 0.25) is 0 Å². The molecule has 8 heteroatoms. The Morgan fingerprint density at radius 3 is 2.52 bits per heavy atom. The Bertz CT molecular complexity index is 983. The predicted octanol–water partition coefficient (Wildman–Crippen LogP) is 4.04. The third-order valence-corrected chi connectivity index (χ3v) is 6.09. The Hall–Kier alpha value is -2.84. The van der Waals surface area contributed by atoms with Crippen molar-refractivity contribution in [2.24, 2.45) is 0 Å². The van der Waals surface area contributed by atoms with Crippen LogP contribution in [0.15, 0.2) is 42.5 Å².